The predicted octanol–water partition coefficient (Wildman–Crippen LogP) is 2.87. The van der Waals surface area contributed by atoms with Gasteiger partial charge < -0.3 is 10.1 Å². The highest BCUT2D eigenvalue weighted by molar-refractivity contribution is 5.90. The van der Waals surface area contributed by atoms with E-state index in [4.69, 9.17) is 10.00 Å². The van der Waals surface area contributed by atoms with Gasteiger partial charge in [0.2, 0.25) is 5.91 Å². The molecule has 1 aromatic carbocycles. The molecule has 1 N–H and O–H groups in total. The third-order valence-electron chi connectivity index (χ3n) is 2.44. The van der Waals surface area contributed by atoms with E-state index < -0.39 is 0 Å². The minimum Gasteiger partial charge on any atom is -0.381 e. The number of carbonyl (C=O) groups is 1. The van der Waals surface area contributed by atoms with E-state index in [-0.39, 0.29) is 5.91 Å². The molecule has 0 aromatic heterocycles. The summed E-state index contributed by atoms with van der Waals surface area (Å²) in [6.45, 7) is 6.72. The highest BCUT2D eigenvalue weighted by Gasteiger charge is 2.02. The number of carbonyl (C=O) groups excluding carboxylic acids is 1. The Balaban J connectivity index is 2.23. The van der Waals surface area contributed by atoms with Gasteiger partial charge in [0.05, 0.1) is 31.3 Å². The molecule has 0 radical (unpaired) electrons. The molecule has 0 fully saturated rings. The molecule has 0 unspecified atom stereocenters. The number of ether oxygens (including phenoxy) is 1. The predicted molar refractivity (Wildman–Crippen MR) is 74.7 cm³/mol. The lowest BCUT2D eigenvalue weighted by Crippen LogP contribution is -2.14. The molecule has 19 heavy (non-hydrogen) atoms. The van der Waals surface area contributed by atoms with E-state index in [2.05, 4.69) is 11.9 Å². The van der Waals surface area contributed by atoms with Crippen LogP contribution >= 0.6 is 0 Å². The number of hydrogen-bond donors (Lipinski definition) is 1. The van der Waals surface area contributed by atoms with E-state index in [0.717, 1.165) is 12.0 Å². The summed E-state index contributed by atoms with van der Waals surface area (Å²) in [5, 5.41) is 11.4. The van der Waals surface area contributed by atoms with Gasteiger partial charge in [0.15, 0.2) is 0 Å². The van der Waals surface area contributed by atoms with Crippen molar-refractivity contribution in [1.82, 2.24) is 0 Å². The van der Waals surface area contributed by atoms with Crippen LogP contribution in [0.25, 0.3) is 0 Å². The van der Waals surface area contributed by atoms with Crippen LogP contribution in [-0.2, 0) is 9.53 Å². The standard InChI is InChI=1S/C15H18N2O2/c1-12(2)7-9-19-10-8-15(18)17-14-5-3-13(11-16)4-6-14/h3-6H,1,7-10H2,2H3,(H,17,18). The molecule has 0 saturated carbocycles. The Labute approximate surface area is 113 Å². The molecule has 4 nitrogen and oxygen atoms in total. The minimum absolute atomic E-state index is 0.0972. The van der Waals surface area contributed by atoms with Crippen molar-refractivity contribution in [3.05, 3.63) is 42.0 Å². The highest BCUT2D eigenvalue weighted by atomic mass is 16.5. The summed E-state index contributed by atoms with van der Waals surface area (Å²) in [7, 11) is 0. The van der Waals surface area contributed by atoms with Crippen LogP contribution in [0.4, 0.5) is 5.69 Å². The Hall–Kier alpha value is -2.12. The second-order valence-electron chi connectivity index (χ2n) is 4.31. The van der Waals surface area contributed by atoms with Crippen LogP contribution in [0.3, 0.4) is 0 Å². The van der Waals surface area contributed by atoms with Gasteiger partial charge in [-0.2, -0.15) is 5.26 Å². The van der Waals surface area contributed by atoms with Crippen molar-refractivity contribution in [2.24, 2.45) is 0 Å². The molecule has 0 aliphatic carbocycles. The molecule has 0 aliphatic rings. The first-order valence-electron chi connectivity index (χ1n) is 6.14. The first-order chi connectivity index (χ1) is 9.11. The second-order valence-corrected chi connectivity index (χ2v) is 4.31. The smallest absolute Gasteiger partial charge is 0.226 e. The molecular formula is C15H18N2O2. The van der Waals surface area contributed by atoms with Crippen molar-refractivity contribution >= 4 is 11.6 Å². The van der Waals surface area contributed by atoms with Gasteiger partial charge >= 0.3 is 0 Å². The maximum absolute atomic E-state index is 11.6. The molecule has 0 atom stereocenters. The summed E-state index contributed by atoms with van der Waals surface area (Å²) in [5.74, 6) is -0.0972. The number of hydrogen-bond acceptors (Lipinski definition) is 3. The SMILES string of the molecule is C=C(C)CCOCCC(=O)Nc1ccc(C#N)cc1. The lowest BCUT2D eigenvalue weighted by Gasteiger charge is -2.06. The Morgan fingerprint density at radius 3 is 2.53 bits per heavy atom. The number of benzene rings is 1. The van der Waals surface area contributed by atoms with Crippen molar-refractivity contribution in [2.45, 2.75) is 19.8 Å². The van der Waals surface area contributed by atoms with Crippen molar-refractivity contribution < 1.29 is 9.53 Å². The number of nitriles is 1. The van der Waals surface area contributed by atoms with E-state index in [0.29, 0.717) is 30.9 Å². The van der Waals surface area contributed by atoms with Crippen molar-refractivity contribution in [3.8, 4) is 6.07 Å². The Morgan fingerprint density at radius 1 is 1.32 bits per heavy atom. The fourth-order valence-electron chi connectivity index (χ4n) is 1.36. The molecule has 1 amide bonds. The number of anilines is 1. The fraction of sp³-hybridized carbons (Fsp3) is 0.333. The van der Waals surface area contributed by atoms with Gasteiger partial charge in [0.1, 0.15) is 0 Å². The van der Waals surface area contributed by atoms with Crippen LogP contribution in [0.2, 0.25) is 0 Å². The van der Waals surface area contributed by atoms with E-state index in [9.17, 15) is 4.79 Å². The van der Waals surface area contributed by atoms with Gasteiger partial charge in [-0.1, -0.05) is 5.57 Å². The molecule has 0 saturated heterocycles. The van der Waals surface area contributed by atoms with E-state index in [1.165, 1.54) is 0 Å². The van der Waals surface area contributed by atoms with Crippen LogP contribution in [0, 0.1) is 11.3 Å². The summed E-state index contributed by atoms with van der Waals surface area (Å²) in [6, 6.07) is 8.77. The zero-order chi connectivity index (χ0) is 14.1. The van der Waals surface area contributed by atoms with E-state index in [1.807, 2.05) is 13.0 Å². The molecule has 0 heterocycles. The average Bonchev–Trinajstić information content (AvgIpc) is 2.39. The van der Waals surface area contributed by atoms with Gasteiger partial charge in [0, 0.05) is 5.69 Å². The van der Waals surface area contributed by atoms with Gasteiger partial charge in [-0.3, -0.25) is 4.79 Å². The Morgan fingerprint density at radius 2 is 1.95 bits per heavy atom. The van der Waals surface area contributed by atoms with E-state index >= 15 is 0 Å². The number of rotatable bonds is 7. The first kappa shape index (κ1) is 14.9. The van der Waals surface area contributed by atoms with Gasteiger partial charge in [-0.05, 0) is 37.6 Å². The third kappa shape index (κ3) is 6.39. The summed E-state index contributed by atoms with van der Waals surface area (Å²) in [6.07, 6.45) is 1.13. The number of nitrogens with zero attached hydrogens (tertiary/aromatic N) is 1. The van der Waals surface area contributed by atoms with E-state index in [1.54, 1.807) is 24.3 Å². The third-order valence-corrected chi connectivity index (χ3v) is 2.44. The van der Waals surface area contributed by atoms with Crippen molar-refractivity contribution in [2.75, 3.05) is 18.5 Å². The van der Waals surface area contributed by atoms with Crippen molar-refractivity contribution in [1.29, 1.82) is 5.26 Å². The van der Waals surface area contributed by atoms with Gasteiger partial charge in [-0.25, -0.2) is 0 Å². The summed E-state index contributed by atoms with van der Waals surface area (Å²) < 4.78 is 5.32. The summed E-state index contributed by atoms with van der Waals surface area (Å²) in [4.78, 5) is 11.6. The van der Waals surface area contributed by atoms with Gasteiger partial charge in [0.25, 0.3) is 0 Å². The molecule has 100 valence electrons. The molecule has 1 rings (SSSR count). The topological polar surface area (TPSA) is 62.1 Å². The van der Waals surface area contributed by atoms with Crippen LogP contribution in [0.15, 0.2) is 36.4 Å². The van der Waals surface area contributed by atoms with Crippen LogP contribution in [0.1, 0.15) is 25.3 Å². The second kappa shape index (κ2) is 8.06. The lowest BCUT2D eigenvalue weighted by molar-refractivity contribution is -0.117. The fourth-order valence-corrected chi connectivity index (χ4v) is 1.36. The van der Waals surface area contributed by atoms with Crippen LogP contribution in [-0.4, -0.2) is 19.1 Å². The maximum Gasteiger partial charge on any atom is 0.226 e. The molecule has 0 bridgehead atoms. The molecule has 4 heteroatoms. The normalized spacial score (nSPS) is 9.68. The minimum atomic E-state index is -0.0972. The first-order valence-corrected chi connectivity index (χ1v) is 6.14. The van der Waals surface area contributed by atoms with Crippen LogP contribution in [0.5, 0.6) is 0 Å². The lowest BCUT2D eigenvalue weighted by atomic mass is 10.2. The Bertz CT molecular complexity index is 472. The molecule has 1 aromatic rings. The van der Waals surface area contributed by atoms with Crippen LogP contribution < -0.4 is 5.32 Å². The highest BCUT2D eigenvalue weighted by Crippen LogP contribution is 2.09. The average molecular weight is 258 g/mol. The Kier molecular flexibility index (Phi) is 6.34. The van der Waals surface area contributed by atoms with Gasteiger partial charge in [-0.15, -0.1) is 6.58 Å². The largest absolute Gasteiger partial charge is 0.381 e. The van der Waals surface area contributed by atoms with Crippen molar-refractivity contribution in [3.63, 3.8) is 0 Å². The number of nitrogens with one attached hydrogen (secondary N) is 1. The monoisotopic (exact) mass is 258 g/mol. The maximum atomic E-state index is 11.6. The molecule has 0 spiro atoms. The summed E-state index contributed by atoms with van der Waals surface area (Å²) >= 11 is 0. The number of amides is 1. The zero-order valence-corrected chi connectivity index (χ0v) is 11.1. The molecule has 0 aliphatic heterocycles. The quantitative estimate of drug-likeness (QED) is 0.604. The molecular weight excluding hydrogens is 240 g/mol. The summed E-state index contributed by atoms with van der Waals surface area (Å²) in [5.41, 5.74) is 2.33. The zero-order valence-electron chi connectivity index (χ0n) is 11.1.